The molecule has 0 amide bonds. The van der Waals surface area contributed by atoms with Crippen LogP contribution in [0.3, 0.4) is 0 Å². The van der Waals surface area contributed by atoms with E-state index in [1.165, 1.54) is 6.92 Å². The van der Waals surface area contributed by atoms with Gasteiger partial charge in [-0.15, -0.1) is 0 Å². The number of hydrogen-bond acceptors (Lipinski definition) is 7. The quantitative estimate of drug-likeness (QED) is 0.207. The zero-order valence-electron chi connectivity index (χ0n) is 18.5. The number of carboxylic acid groups (broad SMARTS) is 2. The first kappa shape index (κ1) is 28.2. The Labute approximate surface area is 182 Å². The number of hydrogen-bond donors (Lipinski definition) is 4. The fourth-order valence-corrected chi connectivity index (χ4v) is 2.16. The second-order valence-corrected chi connectivity index (χ2v) is 6.98. The predicted molar refractivity (Wildman–Crippen MR) is 115 cm³/mol. The molecule has 0 aromatic heterocycles. The van der Waals surface area contributed by atoms with Crippen LogP contribution >= 0.6 is 0 Å². The molecule has 1 rings (SSSR count). The molecule has 4 N–H and O–H groups in total. The second kappa shape index (κ2) is 16.0. The molecular weight excluding hydrogens is 406 g/mol. The summed E-state index contributed by atoms with van der Waals surface area (Å²) in [5, 5.41) is 28.7. The maximum atomic E-state index is 11.8. The number of carboxylic acids is 2. The number of ketones is 1. The summed E-state index contributed by atoms with van der Waals surface area (Å²) in [4.78, 5) is 30.9. The zero-order valence-corrected chi connectivity index (χ0v) is 18.5. The van der Waals surface area contributed by atoms with Gasteiger partial charge in [0, 0.05) is 31.3 Å². The van der Waals surface area contributed by atoms with Crippen molar-refractivity contribution >= 4 is 17.7 Å². The summed E-state index contributed by atoms with van der Waals surface area (Å²) in [5.41, 5.74) is 1.46. The number of Topliss-reactive ketones (excluding diaryl/α,β-unsaturated/α-hetero) is 1. The SMILES string of the molecule is CCCOCc1ccc(OCC(O)CNC(C)C)c(C(C)=O)c1.O=C(O)/C=C/C(=O)O. The summed E-state index contributed by atoms with van der Waals surface area (Å²) < 4.78 is 11.1. The van der Waals surface area contributed by atoms with E-state index in [9.17, 15) is 19.5 Å². The van der Waals surface area contributed by atoms with Crippen LogP contribution in [0.2, 0.25) is 0 Å². The summed E-state index contributed by atoms with van der Waals surface area (Å²) in [6, 6.07) is 5.76. The van der Waals surface area contributed by atoms with E-state index >= 15 is 0 Å². The molecule has 1 aromatic rings. The molecule has 9 nitrogen and oxygen atoms in total. The molecule has 174 valence electrons. The van der Waals surface area contributed by atoms with Crippen LogP contribution in [0.4, 0.5) is 0 Å². The minimum absolute atomic E-state index is 0.0628. The van der Waals surface area contributed by atoms with Gasteiger partial charge in [-0.05, 0) is 31.0 Å². The minimum Gasteiger partial charge on any atom is -0.490 e. The number of rotatable bonds is 13. The summed E-state index contributed by atoms with van der Waals surface area (Å²) in [6.45, 7) is 9.37. The standard InChI is InChI=1S/C18H29NO4.C4H4O4/c1-5-8-22-11-15-6-7-18(17(9-15)14(4)20)23-12-16(21)10-19-13(2)3;5-3(6)1-2-4(7)8/h6-7,9,13,16,19,21H,5,8,10-12H2,1-4H3;1-2H,(H,5,6)(H,7,8)/b;2-1+. The fraction of sp³-hybridized carbons (Fsp3) is 0.500. The van der Waals surface area contributed by atoms with Gasteiger partial charge in [-0.25, -0.2) is 9.59 Å². The van der Waals surface area contributed by atoms with Gasteiger partial charge in [-0.2, -0.15) is 0 Å². The van der Waals surface area contributed by atoms with E-state index in [4.69, 9.17) is 19.7 Å². The van der Waals surface area contributed by atoms with Gasteiger partial charge in [0.2, 0.25) is 0 Å². The monoisotopic (exact) mass is 439 g/mol. The Morgan fingerprint density at radius 1 is 1.13 bits per heavy atom. The van der Waals surface area contributed by atoms with Crippen molar-refractivity contribution in [2.45, 2.75) is 52.9 Å². The fourth-order valence-electron chi connectivity index (χ4n) is 2.16. The number of nitrogens with one attached hydrogen (secondary N) is 1. The lowest BCUT2D eigenvalue weighted by atomic mass is 10.1. The summed E-state index contributed by atoms with van der Waals surface area (Å²) >= 11 is 0. The van der Waals surface area contributed by atoms with Crippen molar-refractivity contribution in [2.75, 3.05) is 19.8 Å². The van der Waals surface area contributed by atoms with Gasteiger partial charge >= 0.3 is 11.9 Å². The van der Waals surface area contributed by atoms with Crippen molar-refractivity contribution in [3.63, 3.8) is 0 Å². The number of carbonyl (C=O) groups is 3. The van der Waals surface area contributed by atoms with Gasteiger partial charge < -0.3 is 30.1 Å². The Balaban J connectivity index is 0.000000954. The summed E-state index contributed by atoms with van der Waals surface area (Å²) in [5.74, 6) is -2.08. The van der Waals surface area contributed by atoms with Crippen LogP contribution in [0.1, 0.15) is 50.0 Å². The molecule has 0 aliphatic rings. The van der Waals surface area contributed by atoms with Gasteiger partial charge in [0.25, 0.3) is 0 Å². The normalized spacial score (nSPS) is 11.7. The van der Waals surface area contributed by atoms with Crippen molar-refractivity contribution < 1.29 is 39.2 Å². The molecule has 0 spiro atoms. The average Bonchev–Trinajstić information content (AvgIpc) is 2.70. The van der Waals surface area contributed by atoms with Crippen LogP contribution < -0.4 is 10.1 Å². The van der Waals surface area contributed by atoms with Gasteiger partial charge in [-0.3, -0.25) is 4.79 Å². The van der Waals surface area contributed by atoms with Gasteiger partial charge in [0.15, 0.2) is 5.78 Å². The summed E-state index contributed by atoms with van der Waals surface area (Å²) in [7, 11) is 0. The van der Waals surface area contributed by atoms with Gasteiger partial charge in [0.05, 0.1) is 12.2 Å². The highest BCUT2D eigenvalue weighted by molar-refractivity contribution is 5.97. The highest BCUT2D eigenvalue weighted by Gasteiger charge is 2.12. The molecule has 0 heterocycles. The largest absolute Gasteiger partial charge is 0.490 e. The molecule has 31 heavy (non-hydrogen) atoms. The Hall–Kier alpha value is -2.75. The lowest BCUT2D eigenvalue weighted by Crippen LogP contribution is -2.35. The lowest BCUT2D eigenvalue weighted by molar-refractivity contribution is -0.134. The Morgan fingerprint density at radius 2 is 1.74 bits per heavy atom. The highest BCUT2D eigenvalue weighted by atomic mass is 16.5. The third kappa shape index (κ3) is 14.8. The molecule has 1 atom stereocenters. The molecule has 0 fully saturated rings. The van der Waals surface area contributed by atoms with E-state index in [1.807, 2.05) is 19.9 Å². The van der Waals surface area contributed by atoms with Gasteiger partial charge in [-0.1, -0.05) is 26.8 Å². The number of aliphatic carboxylic acids is 2. The second-order valence-electron chi connectivity index (χ2n) is 6.98. The average molecular weight is 440 g/mol. The maximum absolute atomic E-state index is 11.8. The maximum Gasteiger partial charge on any atom is 0.328 e. The first-order valence-electron chi connectivity index (χ1n) is 9.96. The molecule has 9 heteroatoms. The number of aliphatic hydroxyl groups is 1. The van der Waals surface area contributed by atoms with Crippen LogP contribution in [0, 0.1) is 0 Å². The van der Waals surface area contributed by atoms with Crippen molar-refractivity contribution in [3.8, 4) is 5.75 Å². The van der Waals surface area contributed by atoms with Crippen molar-refractivity contribution in [2.24, 2.45) is 0 Å². The van der Waals surface area contributed by atoms with Crippen molar-refractivity contribution in [1.29, 1.82) is 0 Å². The van der Waals surface area contributed by atoms with E-state index in [0.29, 0.717) is 49.3 Å². The Kier molecular flexibility index (Phi) is 14.6. The van der Waals surface area contributed by atoms with Crippen LogP contribution in [-0.4, -0.2) is 64.9 Å². The van der Waals surface area contributed by atoms with Crippen molar-refractivity contribution in [1.82, 2.24) is 5.32 Å². The van der Waals surface area contributed by atoms with E-state index in [-0.39, 0.29) is 12.4 Å². The topological polar surface area (TPSA) is 142 Å². The zero-order chi connectivity index (χ0) is 23.8. The van der Waals surface area contributed by atoms with E-state index in [0.717, 1.165) is 12.0 Å². The molecule has 0 saturated carbocycles. The molecular formula is C22H33NO8. The summed E-state index contributed by atoms with van der Waals surface area (Å²) in [6.07, 6.45) is 1.46. The number of ether oxygens (including phenoxy) is 2. The van der Waals surface area contributed by atoms with E-state index in [1.54, 1.807) is 12.1 Å². The molecule has 0 saturated heterocycles. The third-order valence-corrected chi connectivity index (χ3v) is 3.60. The molecule has 0 radical (unpaired) electrons. The molecule has 0 aliphatic heterocycles. The molecule has 1 aromatic carbocycles. The van der Waals surface area contributed by atoms with Crippen LogP contribution in [-0.2, 0) is 20.9 Å². The Morgan fingerprint density at radius 3 is 2.23 bits per heavy atom. The molecule has 0 aliphatic carbocycles. The minimum atomic E-state index is -1.26. The predicted octanol–water partition coefficient (Wildman–Crippen LogP) is 2.27. The lowest BCUT2D eigenvalue weighted by Gasteiger charge is -2.16. The number of aliphatic hydroxyl groups excluding tert-OH is 1. The molecule has 0 bridgehead atoms. The van der Waals surface area contributed by atoms with Crippen molar-refractivity contribution in [3.05, 3.63) is 41.5 Å². The number of benzene rings is 1. The smallest absolute Gasteiger partial charge is 0.328 e. The van der Waals surface area contributed by atoms with E-state index < -0.39 is 18.0 Å². The van der Waals surface area contributed by atoms with Crippen LogP contribution in [0.25, 0.3) is 0 Å². The van der Waals surface area contributed by atoms with Gasteiger partial charge in [0.1, 0.15) is 18.5 Å². The first-order chi connectivity index (χ1) is 14.6. The molecule has 1 unspecified atom stereocenters. The first-order valence-corrected chi connectivity index (χ1v) is 9.96. The van der Waals surface area contributed by atoms with Crippen LogP contribution in [0.5, 0.6) is 5.75 Å². The van der Waals surface area contributed by atoms with E-state index in [2.05, 4.69) is 12.2 Å². The third-order valence-electron chi connectivity index (χ3n) is 3.60. The Bertz CT molecular complexity index is 714. The van der Waals surface area contributed by atoms with Crippen LogP contribution in [0.15, 0.2) is 30.4 Å². The number of carbonyl (C=O) groups excluding carboxylic acids is 1. The highest BCUT2D eigenvalue weighted by Crippen LogP contribution is 2.21.